The zero-order chi connectivity index (χ0) is 40.4. The molecule has 12 nitrogen and oxygen atoms in total. The van der Waals surface area contributed by atoms with Gasteiger partial charge >= 0.3 is 17.9 Å². The number of aromatic nitrogens is 2. The Balaban J connectivity index is 2.03. The number of nitrogens with one attached hydrogen (secondary N) is 3. The van der Waals surface area contributed by atoms with Crippen LogP contribution in [0.5, 0.6) is 0 Å². The molecule has 0 spiro atoms. The van der Waals surface area contributed by atoms with Gasteiger partial charge in [-0.2, -0.15) is 0 Å². The van der Waals surface area contributed by atoms with E-state index in [4.69, 9.17) is 14.2 Å². The lowest BCUT2D eigenvalue weighted by Gasteiger charge is -2.10. The van der Waals surface area contributed by atoms with Crippen molar-refractivity contribution in [2.24, 2.45) is 10.9 Å². The van der Waals surface area contributed by atoms with Gasteiger partial charge in [-0.25, -0.2) is 9.79 Å². The van der Waals surface area contributed by atoms with Crippen LogP contribution in [0.1, 0.15) is 80.6 Å². The van der Waals surface area contributed by atoms with Gasteiger partial charge in [0.05, 0.1) is 17.0 Å². The van der Waals surface area contributed by atoms with Crippen molar-refractivity contribution < 1.29 is 38.2 Å². The van der Waals surface area contributed by atoms with Crippen molar-refractivity contribution in [3.05, 3.63) is 111 Å². The predicted molar refractivity (Wildman–Crippen MR) is 212 cm³/mol. The zero-order valence-corrected chi connectivity index (χ0v) is 32.5. The summed E-state index contributed by atoms with van der Waals surface area (Å²) in [7, 11) is 0. The van der Waals surface area contributed by atoms with Crippen LogP contribution in [-0.2, 0) is 51.0 Å². The summed E-state index contributed by atoms with van der Waals surface area (Å²) in [6, 6.07) is 0. The fourth-order valence-electron chi connectivity index (χ4n) is 6.73. The smallest absolute Gasteiger partial charge is 0.342 e. The molecular weight excluding hydrogens is 700 g/mol. The Morgan fingerprint density at radius 1 is 0.818 bits per heavy atom. The van der Waals surface area contributed by atoms with Crippen molar-refractivity contribution >= 4 is 53.2 Å². The maximum Gasteiger partial charge on any atom is 0.342 e. The molecule has 4 rings (SSSR count). The van der Waals surface area contributed by atoms with E-state index < -0.39 is 23.8 Å². The van der Waals surface area contributed by atoms with Gasteiger partial charge in [-0.3, -0.25) is 19.2 Å². The summed E-state index contributed by atoms with van der Waals surface area (Å²) in [5, 5.41) is 3.89. The van der Waals surface area contributed by atoms with Crippen LogP contribution in [0.25, 0.3) is 17.7 Å². The number of amides is 2. The number of hydrogen-bond donors (Lipinski definition) is 3. The van der Waals surface area contributed by atoms with E-state index in [1.807, 2.05) is 39.8 Å². The second kappa shape index (κ2) is 18.8. The molecule has 0 bridgehead atoms. The highest BCUT2D eigenvalue weighted by Crippen LogP contribution is 2.29. The van der Waals surface area contributed by atoms with Crippen molar-refractivity contribution in [3.63, 3.8) is 0 Å². The lowest BCUT2D eigenvalue weighted by molar-refractivity contribution is -0.143. The van der Waals surface area contributed by atoms with E-state index in [1.54, 1.807) is 19.9 Å². The molecular formula is C43H50N4O8. The van der Waals surface area contributed by atoms with Crippen LogP contribution in [-0.4, -0.2) is 65.2 Å². The van der Waals surface area contributed by atoms with Gasteiger partial charge in [0.15, 0.2) is 0 Å². The topological polar surface area (TPSA) is 169 Å². The van der Waals surface area contributed by atoms with Crippen LogP contribution >= 0.6 is 0 Å². The molecule has 0 radical (unpaired) electrons. The van der Waals surface area contributed by atoms with E-state index in [2.05, 4.69) is 40.0 Å². The second-order valence-electron chi connectivity index (χ2n) is 13.2. The van der Waals surface area contributed by atoms with Gasteiger partial charge in [0.25, 0.3) is 11.8 Å². The van der Waals surface area contributed by atoms with E-state index in [1.165, 1.54) is 18.2 Å². The molecule has 2 aliphatic rings. The molecule has 4 heterocycles. The normalized spacial score (nSPS) is 17.7. The Bertz CT molecular complexity index is 2190. The number of rotatable bonds is 17. The van der Waals surface area contributed by atoms with Gasteiger partial charge < -0.3 is 29.5 Å². The average molecular weight is 751 g/mol. The second-order valence-corrected chi connectivity index (χ2v) is 13.2. The molecule has 2 amide bonds. The van der Waals surface area contributed by atoms with Crippen molar-refractivity contribution in [1.29, 1.82) is 0 Å². The number of H-pyrrole nitrogens is 2. The molecule has 1 atom stereocenters. The number of nitrogens with zero attached hydrogens (tertiary/aromatic N) is 1. The fraction of sp³-hybridized carbons (Fsp3) is 0.349. The van der Waals surface area contributed by atoms with Gasteiger partial charge in [0.1, 0.15) is 25.4 Å². The number of carbonyl (C=O) groups excluding carboxylic acids is 5. The lowest BCUT2D eigenvalue weighted by Crippen LogP contribution is -2.27. The van der Waals surface area contributed by atoms with E-state index in [0.717, 1.165) is 22.4 Å². The number of carbonyl (C=O) groups is 5. The monoisotopic (exact) mass is 750 g/mol. The van der Waals surface area contributed by atoms with E-state index in [9.17, 15) is 24.0 Å². The largest absolute Gasteiger partial charge is 0.461 e. The maximum absolute atomic E-state index is 13.8. The number of aromatic amines is 2. The van der Waals surface area contributed by atoms with Crippen LogP contribution in [0.4, 0.5) is 0 Å². The van der Waals surface area contributed by atoms with Crippen LogP contribution in [0.2, 0.25) is 0 Å². The molecule has 0 aromatic carbocycles. The number of allylic oxidation sites excluding steroid dienone is 2. The summed E-state index contributed by atoms with van der Waals surface area (Å²) >= 11 is 0. The Labute approximate surface area is 321 Å². The third-order valence-corrected chi connectivity index (χ3v) is 9.72. The molecule has 290 valence electrons. The molecule has 2 aromatic rings. The molecule has 12 heteroatoms. The zero-order valence-electron chi connectivity index (χ0n) is 32.5. The first-order chi connectivity index (χ1) is 26.3. The minimum atomic E-state index is -0.704. The molecule has 0 fully saturated rings. The molecule has 3 N–H and O–H groups in total. The fourth-order valence-corrected chi connectivity index (χ4v) is 6.73. The van der Waals surface area contributed by atoms with Crippen molar-refractivity contribution in [2.45, 2.75) is 73.6 Å². The van der Waals surface area contributed by atoms with E-state index in [0.29, 0.717) is 57.2 Å². The van der Waals surface area contributed by atoms with Crippen LogP contribution in [0, 0.1) is 19.8 Å². The Morgan fingerprint density at radius 2 is 1.42 bits per heavy atom. The summed E-state index contributed by atoms with van der Waals surface area (Å²) in [5.74, 6) is -2.61. The minimum absolute atomic E-state index is 0.0216. The summed E-state index contributed by atoms with van der Waals surface area (Å²) in [6.45, 7) is 22.1. The first-order valence-electron chi connectivity index (χ1n) is 18.3. The highest BCUT2D eigenvalue weighted by molar-refractivity contribution is 6.48. The van der Waals surface area contributed by atoms with Gasteiger partial charge in [0, 0.05) is 40.8 Å². The first-order valence-corrected chi connectivity index (χ1v) is 18.3. The SMILES string of the molecule is C=CCOC(=O)CCc1c(/C=c2\[nH]/c(=C(\C(=O)OCC=C)C3=NC(=O)[C@H](C)/C3=C\C)c(C)c2CCC(=O)OCC=C)[nH]c(/C=C2\NC(=O)C(CC)=C2C)c1C. The molecule has 2 aromatic heterocycles. The highest BCUT2D eigenvalue weighted by atomic mass is 16.5. The Morgan fingerprint density at radius 3 is 1.98 bits per heavy atom. The number of ether oxygens (including phenoxy) is 3. The van der Waals surface area contributed by atoms with Crippen LogP contribution < -0.4 is 16.0 Å². The molecule has 0 saturated heterocycles. The average Bonchev–Trinajstić information content (AvgIpc) is 3.82. The van der Waals surface area contributed by atoms with Crippen molar-refractivity contribution in [2.75, 3.05) is 19.8 Å². The number of esters is 3. The molecule has 55 heavy (non-hydrogen) atoms. The molecule has 0 unspecified atom stereocenters. The highest BCUT2D eigenvalue weighted by Gasteiger charge is 2.35. The Kier molecular flexibility index (Phi) is 14.3. The summed E-state index contributed by atoms with van der Waals surface area (Å²) in [4.78, 5) is 75.9. The van der Waals surface area contributed by atoms with Gasteiger partial charge in [0.2, 0.25) is 0 Å². The Hall–Kier alpha value is -6.04. The third kappa shape index (κ3) is 9.37. The standard InChI is InChI=1S/C43H50N4O8/c1-10-19-53-36(48)17-15-30-25(7)32(22-33-24(6)29(14-5)42(51)46-33)44-34(30)23-35-31(16-18-37(49)54-20-11-2)26(8)39(45-35)38(43(52)55-21-12-3)40-28(13-4)27(9)41(50)47-40/h10-13,22-23,27,44-45H,1-3,14-21H2,4-9H3,(H,46,51)/b28-13+,33-22-,35-23-,39-38-/t27-/m1/s1. The summed E-state index contributed by atoms with van der Waals surface area (Å²) in [6.07, 6.45) is 11.2. The minimum Gasteiger partial charge on any atom is -0.461 e. The molecule has 0 saturated carbocycles. The third-order valence-electron chi connectivity index (χ3n) is 9.72. The van der Waals surface area contributed by atoms with Crippen molar-refractivity contribution in [3.8, 4) is 0 Å². The van der Waals surface area contributed by atoms with Crippen LogP contribution in [0.15, 0.2) is 71.4 Å². The maximum atomic E-state index is 13.8. The number of hydrogen-bond acceptors (Lipinski definition) is 8. The van der Waals surface area contributed by atoms with E-state index >= 15 is 0 Å². The summed E-state index contributed by atoms with van der Waals surface area (Å²) < 4.78 is 16.1. The molecule has 0 aliphatic carbocycles. The van der Waals surface area contributed by atoms with Crippen LogP contribution in [0.3, 0.4) is 0 Å². The summed E-state index contributed by atoms with van der Waals surface area (Å²) in [5.41, 5.74) is 7.49. The van der Waals surface area contributed by atoms with Gasteiger partial charge in [-0.15, -0.1) is 0 Å². The van der Waals surface area contributed by atoms with Gasteiger partial charge in [-0.05, 0) is 99.4 Å². The lowest BCUT2D eigenvalue weighted by atomic mass is 9.94. The van der Waals surface area contributed by atoms with E-state index in [-0.39, 0.29) is 62.2 Å². The van der Waals surface area contributed by atoms with Crippen molar-refractivity contribution in [1.82, 2.24) is 15.3 Å². The number of aliphatic imine (C=N–C) groups is 1. The predicted octanol–water partition coefficient (Wildman–Crippen LogP) is 4.75. The molecule has 2 aliphatic heterocycles. The van der Waals surface area contributed by atoms with Gasteiger partial charge in [-0.1, -0.05) is 51.0 Å². The first kappa shape index (κ1) is 41.7. The quantitative estimate of drug-likeness (QED) is 0.118.